The van der Waals surface area contributed by atoms with E-state index in [2.05, 4.69) is 16.7 Å². The van der Waals surface area contributed by atoms with Gasteiger partial charge >= 0.3 is 0 Å². The maximum Gasteiger partial charge on any atom is 0.246 e. The van der Waals surface area contributed by atoms with Gasteiger partial charge in [0.1, 0.15) is 5.54 Å². The van der Waals surface area contributed by atoms with Gasteiger partial charge in [-0.3, -0.25) is 9.59 Å². The standard InChI is InChI=1S/C24H28N2O3S/c27-16-19(17-9-3-1-4-10-17)25-23(29)24(13-7-2-8-14-24)26-22(28)21-15-18-11-5-6-12-20(18)30-21/h1,3-6,9-12,19,21,27H,2,7-8,13-16H2,(H,25,29)(H,26,28)/t19-,21?/m1/s1. The summed E-state index contributed by atoms with van der Waals surface area (Å²) in [6.07, 6.45) is 4.82. The number of aliphatic hydroxyl groups excluding tert-OH is 1. The van der Waals surface area contributed by atoms with Crippen molar-refractivity contribution in [2.24, 2.45) is 0 Å². The molecule has 1 unspecified atom stereocenters. The minimum Gasteiger partial charge on any atom is -0.394 e. The summed E-state index contributed by atoms with van der Waals surface area (Å²) in [6.45, 7) is -0.187. The molecule has 5 nitrogen and oxygen atoms in total. The van der Waals surface area contributed by atoms with Gasteiger partial charge in [-0.15, -0.1) is 11.8 Å². The summed E-state index contributed by atoms with van der Waals surface area (Å²) in [7, 11) is 0. The summed E-state index contributed by atoms with van der Waals surface area (Å²) >= 11 is 1.57. The molecule has 1 aliphatic carbocycles. The molecule has 158 valence electrons. The Morgan fingerprint density at radius 1 is 1.03 bits per heavy atom. The van der Waals surface area contributed by atoms with Crippen molar-refractivity contribution in [3.8, 4) is 0 Å². The Bertz CT molecular complexity index is 871. The number of fused-ring (bicyclic) bond motifs is 1. The Balaban J connectivity index is 1.48. The van der Waals surface area contributed by atoms with Crippen LogP contribution < -0.4 is 10.6 Å². The first-order valence-corrected chi connectivity index (χ1v) is 11.5. The van der Waals surface area contributed by atoms with E-state index in [4.69, 9.17) is 0 Å². The van der Waals surface area contributed by atoms with Crippen LogP contribution in [0.25, 0.3) is 0 Å². The number of aliphatic hydroxyl groups is 1. The average Bonchev–Trinajstić information content (AvgIpc) is 3.23. The van der Waals surface area contributed by atoms with E-state index in [9.17, 15) is 14.7 Å². The molecule has 2 amide bonds. The number of amides is 2. The monoisotopic (exact) mass is 424 g/mol. The molecular formula is C24H28N2O3S. The topological polar surface area (TPSA) is 78.4 Å². The lowest BCUT2D eigenvalue weighted by molar-refractivity contribution is -0.135. The highest BCUT2D eigenvalue weighted by Crippen LogP contribution is 2.38. The maximum absolute atomic E-state index is 13.4. The van der Waals surface area contributed by atoms with E-state index in [0.29, 0.717) is 19.3 Å². The molecule has 0 aromatic heterocycles. The molecule has 0 radical (unpaired) electrons. The van der Waals surface area contributed by atoms with Crippen LogP contribution in [0, 0.1) is 0 Å². The molecule has 1 aliphatic heterocycles. The number of hydrogen-bond donors (Lipinski definition) is 3. The normalized spacial score (nSPS) is 20.8. The number of carbonyl (C=O) groups is 2. The molecule has 1 heterocycles. The van der Waals surface area contributed by atoms with E-state index < -0.39 is 11.6 Å². The second-order valence-corrected chi connectivity index (χ2v) is 9.41. The fourth-order valence-corrected chi connectivity index (χ4v) is 5.62. The second kappa shape index (κ2) is 9.23. The number of benzene rings is 2. The number of thioether (sulfide) groups is 1. The highest BCUT2D eigenvalue weighted by molar-refractivity contribution is 8.01. The van der Waals surface area contributed by atoms with Crippen LogP contribution in [0.3, 0.4) is 0 Å². The molecular weight excluding hydrogens is 396 g/mol. The van der Waals surface area contributed by atoms with Crippen molar-refractivity contribution in [1.29, 1.82) is 0 Å². The van der Waals surface area contributed by atoms with Crippen LogP contribution in [-0.4, -0.2) is 34.3 Å². The van der Waals surface area contributed by atoms with E-state index in [-0.39, 0.29) is 23.7 Å². The second-order valence-electron chi connectivity index (χ2n) is 8.17. The fourth-order valence-electron chi connectivity index (χ4n) is 4.42. The Morgan fingerprint density at radius 2 is 1.73 bits per heavy atom. The average molecular weight is 425 g/mol. The van der Waals surface area contributed by atoms with Crippen LogP contribution in [0.15, 0.2) is 59.5 Å². The first kappa shape index (κ1) is 20.9. The van der Waals surface area contributed by atoms with E-state index in [1.54, 1.807) is 11.8 Å². The first-order valence-electron chi connectivity index (χ1n) is 10.6. The summed E-state index contributed by atoms with van der Waals surface area (Å²) in [5.41, 5.74) is 1.13. The predicted molar refractivity (Wildman–Crippen MR) is 118 cm³/mol. The third kappa shape index (κ3) is 4.40. The quantitative estimate of drug-likeness (QED) is 0.664. The summed E-state index contributed by atoms with van der Waals surface area (Å²) in [6, 6.07) is 17.1. The molecule has 2 aliphatic rings. The zero-order chi connectivity index (χ0) is 21.0. The smallest absolute Gasteiger partial charge is 0.246 e. The van der Waals surface area contributed by atoms with Crippen LogP contribution in [0.4, 0.5) is 0 Å². The van der Waals surface area contributed by atoms with Gasteiger partial charge in [0.05, 0.1) is 17.9 Å². The van der Waals surface area contributed by atoms with Gasteiger partial charge in [0, 0.05) is 4.90 Å². The molecule has 3 N–H and O–H groups in total. The lowest BCUT2D eigenvalue weighted by Crippen LogP contribution is -2.61. The molecule has 4 rings (SSSR count). The van der Waals surface area contributed by atoms with Crippen molar-refractivity contribution in [2.75, 3.05) is 6.61 Å². The Kier molecular flexibility index (Phi) is 6.44. The summed E-state index contributed by atoms with van der Waals surface area (Å²) in [5, 5.41) is 15.8. The lowest BCUT2D eigenvalue weighted by Gasteiger charge is -2.38. The number of hydrogen-bond acceptors (Lipinski definition) is 4. The van der Waals surface area contributed by atoms with Gasteiger partial charge in [0.15, 0.2) is 0 Å². The number of carbonyl (C=O) groups excluding carboxylic acids is 2. The lowest BCUT2D eigenvalue weighted by atomic mass is 9.80. The molecule has 0 saturated heterocycles. The van der Waals surface area contributed by atoms with Crippen molar-refractivity contribution in [3.05, 3.63) is 65.7 Å². The largest absolute Gasteiger partial charge is 0.394 e. The maximum atomic E-state index is 13.4. The van der Waals surface area contributed by atoms with Crippen molar-refractivity contribution < 1.29 is 14.7 Å². The van der Waals surface area contributed by atoms with Crippen LogP contribution in [0.2, 0.25) is 0 Å². The van der Waals surface area contributed by atoms with Gasteiger partial charge in [-0.2, -0.15) is 0 Å². The van der Waals surface area contributed by atoms with Crippen LogP contribution >= 0.6 is 11.8 Å². The summed E-state index contributed by atoms with van der Waals surface area (Å²) in [5.74, 6) is -0.271. The Hall–Kier alpha value is -2.31. The summed E-state index contributed by atoms with van der Waals surface area (Å²) < 4.78 is 0. The molecule has 2 aromatic rings. The van der Waals surface area contributed by atoms with Gasteiger partial charge < -0.3 is 15.7 Å². The first-order chi connectivity index (χ1) is 14.6. The molecule has 1 fully saturated rings. The predicted octanol–water partition coefficient (Wildman–Crippen LogP) is 3.37. The van der Waals surface area contributed by atoms with Gasteiger partial charge in [-0.1, -0.05) is 67.8 Å². The Morgan fingerprint density at radius 3 is 2.43 bits per heavy atom. The third-order valence-electron chi connectivity index (χ3n) is 6.13. The van der Waals surface area contributed by atoms with Crippen LogP contribution in [0.5, 0.6) is 0 Å². The zero-order valence-electron chi connectivity index (χ0n) is 17.0. The van der Waals surface area contributed by atoms with E-state index >= 15 is 0 Å². The minimum absolute atomic E-state index is 0.0755. The Labute approximate surface area is 181 Å². The molecule has 0 spiro atoms. The van der Waals surface area contributed by atoms with Crippen LogP contribution in [0.1, 0.15) is 49.3 Å². The molecule has 0 bridgehead atoms. The van der Waals surface area contributed by atoms with Gasteiger partial charge in [0.25, 0.3) is 0 Å². The highest BCUT2D eigenvalue weighted by atomic mass is 32.2. The highest BCUT2D eigenvalue weighted by Gasteiger charge is 2.43. The van der Waals surface area contributed by atoms with Crippen molar-refractivity contribution in [2.45, 2.75) is 60.3 Å². The number of rotatable bonds is 6. The van der Waals surface area contributed by atoms with Crippen molar-refractivity contribution >= 4 is 23.6 Å². The minimum atomic E-state index is -0.910. The third-order valence-corrected chi connectivity index (χ3v) is 7.45. The van der Waals surface area contributed by atoms with Crippen LogP contribution in [-0.2, 0) is 16.0 Å². The number of nitrogens with one attached hydrogen (secondary N) is 2. The zero-order valence-corrected chi connectivity index (χ0v) is 17.8. The van der Waals surface area contributed by atoms with Gasteiger partial charge in [-0.25, -0.2) is 0 Å². The van der Waals surface area contributed by atoms with E-state index in [1.165, 1.54) is 5.56 Å². The molecule has 30 heavy (non-hydrogen) atoms. The van der Waals surface area contributed by atoms with E-state index in [1.807, 2.05) is 48.5 Å². The SMILES string of the molecule is O=C(NC1(C(=O)N[C@H](CO)c2ccccc2)CCCCC1)C1Cc2ccccc2S1. The van der Waals surface area contributed by atoms with Crippen molar-refractivity contribution in [3.63, 3.8) is 0 Å². The molecule has 2 atom stereocenters. The van der Waals surface area contributed by atoms with Crippen molar-refractivity contribution in [1.82, 2.24) is 10.6 Å². The van der Waals surface area contributed by atoms with Gasteiger partial charge in [0.2, 0.25) is 11.8 Å². The fraction of sp³-hybridized carbons (Fsp3) is 0.417. The molecule has 2 aromatic carbocycles. The molecule has 1 saturated carbocycles. The van der Waals surface area contributed by atoms with E-state index in [0.717, 1.165) is 29.7 Å². The summed E-state index contributed by atoms with van der Waals surface area (Å²) in [4.78, 5) is 27.7. The molecule has 6 heteroatoms. The van der Waals surface area contributed by atoms with Gasteiger partial charge in [-0.05, 0) is 36.5 Å².